The van der Waals surface area contributed by atoms with Crippen LogP contribution in [0, 0.1) is 23.7 Å². The van der Waals surface area contributed by atoms with Crippen LogP contribution < -0.4 is 16.1 Å². The summed E-state index contributed by atoms with van der Waals surface area (Å²) in [7, 11) is -13.8. The number of azo groups is 2. The molecule has 2 heterocycles. The molecule has 25 heteroatoms. The first-order valence-corrected chi connectivity index (χ1v) is 24.9. The highest BCUT2D eigenvalue weighted by molar-refractivity contribution is 7.86. The number of thiazole rings is 1. The second-order valence-corrected chi connectivity index (χ2v) is 19.9. The zero-order valence-electron chi connectivity index (χ0n) is 35.3. The van der Waals surface area contributed by atoms with Gasteiger partial charge in [0.05, 0.1) is 27.6 Å². The number of rotatable bonds is 16. The molecule has 0 aliphatic rings. The maximum Gasteiger partial charge on any atom is 0.295 e. The van der Waals surface area contributed by atoms with Gasteiger partial charge in [-0.3, -0.25) is 19.1 Å². The van der Waals surface area contributed by atoms with E-state index in [2.05, 4.69) is 47.6 Å². The fraction of sp³-hybridized carbons (Fsp3) is 0.0455. The van der Waals surface area contributed by atoms with Crippen LogP contribution in [0.15, 0.2) is 156 Å². The molecule has 0 aliphatic heterocycles. The Labute approximate surface area is 396 Å². The Morgan fingerprint density at radius 2 is 1.35 bits per heavy atom. The van der Waals surface area contributed by atoms with Gasteiger partial charge in [-0.05, 0) is 101 Å². The number of nitriles is 1. The molecule has 8 aromatic rings. The first-order valence-electron chi connectivity index (χ1n) is 19.8. The Morgan fingerprint density at radius 3 is 1.97 bits per heavy atom. The van der Waals surface area contributed by atoms with Crippen LogP contribution in [0.1, 0.15) is 16.7 Å². The molecule has 348 valence electrons. The lowest BCUT2D eigenvalue weighted by atomic mass is 10.1. The molecular weight excluding hydrogens is 971 g/mol. The van der Waals surface area contributed by atoms with Gasteiger partial charge in [-0.15, -0.1) is 20.5 Å². The Bertz CT molecular complexity index is 3790. The lowest BCUT2D eigenvalue weighted by molar-refractivity contribution is 0.186. The normalized spacial score (nSPS) is 12.2. The van der Waals surface area contributed by atoms with Crippen molar-refractivity contribution in [1.29, 1.82) is 10.7 Å². The third-order valence-corrected chi connectivity index (χ3v) is 13.6. The number of nitrogens with zero attached hydrogens (tertiary/aromatic N) is 7. The van der Waals surface area contributed by atoms with E-state index in [0.29, 0.717) is 34.3 Å². The van der Waals surface area contributed by atoms with Crippen LogP contribution in [-0.2, 0) is 41.7 Å². The number of aromatic nitrogens is 2. The maximum atomic E-state index is 12.7. The third kappa shape index (κ3) is 10.9. The van der Waals surface area contributed by atoms with Gasteiger partial charge in [-0.2, -0.15) is 36.0 Å². The van der Waals surface area contributed by atoms with E-state index in [0.717, 1.165) is 46.4 Å². The van der Waals surface area contributed by atoms with Gasteiger partial charge >= 0.3 is 0 Å². The van der Waals surface area contributed by atoms with Crippen molar-refractivity contribution in [2.24, 2.45) is 20.5 Å². The molecule has 0 atom stereocenters. The zero-order chi connectivity index (χ0) is 49.1. The number of hydroxylamine groups is 1. The molecule has 0 unspecified atom stereocenters. The van der Waals surface area contributed by atoms with Crippen molar-refractivity contribution in [3.8, 4) is 17.3 Å². The average molecular weight is 1000 g/mol. The number of hydrogen-bond donors (Lipinski definition) is 7. The van der Waals surface area contributed by atoms with Gasteiger partial charge in [0.1, 0.15) is 22.3 Å². The van der Waals surface area contributed by atoms with Crippen LogP contribution in [0.25, 0.3) is 32.8 Å². The second-order valence-electron chi connectivity index (χ2n) is 14.7. The molecule has 0 saturated heterocycles. The summed E-state index contributed by atoms with van der Waals surface area (Å²) in [5, 5.41) is 44.0. The van der Waals surface area contributed by atoms with Gasteiger partial charge in [-0.1, -0.05) is 59.9 Å². The number of pyridine rings is 1. The van der Waals surface area contributed by atoms with E-state index in [9.17, 15) is 44.2 Å². The molecule has 0 aliphatic carbocycles. The van der Waals surface area contributed by atoms with Crippen molar-refractivity contribution in [3.63, 3.8) is 0 Å². The lowest BCUT2D eigenvalue weighted by Crippen LogP contribution is -2.12. The zero-order valence-corrected chi connectivity index (χ0v) is 38.6. The van der Waals surface area contributed by atoms with Gasteiger partial charge in [-0.25, -0.2) is 9.97 Å². The summed E-state index contributed by atoms with van der Waals surface area (Å²) >= 11 is 0.967. The van der Waals surface area contributed by atoms with E-state index in [-0.39, 0.29) is 71.7 Å². The molecule has 6 aromatic carbocycles. The molecule has 7 N–H and O–H groups in total. The van der Waals surface area contributed by atoms with Crippen LogP contribution in [0.5, 0.6) is 0 Å². The Hall–Kier alpha value is -7.93. The van der Waals surface area contributed by atoms with E-state index in [4.69, 9.17) is 15.2 Å². The predicted octanol–water partition coefficient (Wildman–Crippen LogP) is 10.4. The minimum Gasteiger partial charge on any atom is -0.397 e. The fourth-order valence-corrected chi connectivity index (χ4v) is 9.28. The topological polar surface area (TPSA) is 331 Å². The maximum absolute atomic E-state index is 12.7. The first kappa shape index (κ1) is 47.6. The van der Waals surface area contributed by atoms with Crippen LogP contribution in [0.3, 0.4) is 0 Å². The summed E-state index contributed by atoms with van der Waals surface area (Å²) < 4.78 is 101. The number of benzene rings is 6. The van der Waals surface area contributed by atoms with E-state index in [1.165, 1.54) is 30.3 Å². The van der Waals surface area contributed by atoms with Gasteiger partial charge in [0.25, 0.3) is 30.4 Å². The highest BCUT2D eigenvalue weighted by atomic mass is 32.2. The van der Waals surface area contributed by atoms with E-state index in [1.54, 1.807) is 31.2 Å². The van der Waals surface area contributed by atoms with E-state index >= 15 is 0 Å². The SMILES string of the molecule is Cc1c(C#N)c(Nc2ccc(S(=O)(=O)O)cc2)nc(Nc2ccc(S(=O)(=O)O)cc2)c1N=Nc1nc(-c2ccc3ccccc3c2)c(N=Nc2cc(S(=O)(=O)O)c3cc(CNOC=N)ccc3c2)s1. The Morgan fingerprint density at radius 1 is 0.710 bits per heavy atom. The molecule has 0 amide bonds. The monoisotopic (exact) mass is 1000 g/mol. The number of fused-ring (bicyclic) bond motifs is 2. The van der Waals surface area contributed by atoms with Crippen LogP contribution >= 0.6 is 11.3 Å². The van der Waals surface area contributed by atoms with Gasteiger partial charge in [0.15, 0.2) is 23.0 Å². The van der Waals surface area contributed by atoms with Crippen LogP contribution in [0.2, 0.25) is 0 Å². The van der Waals surface area contributed by atoms with E-state index < -0.39 is 35.2 Å². The molecule has 69 heavy (non-hydrogen) atoms. The van der Waals surface area contributed by atoms with Crippen molar-refractivity contribution in [2.75, 3.05) is 10.6 Å². The predicted molar refractivity (Wildman–Crippen MR) is 257 cm³/mol. The molecule has 21 nitrogen and oxygen atoms in total. The summed E-state index contributed by atoms with van der Waals surface area (Å²) in [5.74, 6) is 0.00487. The van der Waals surface area contributed by atoms with Crippen molar-refractivity contribution in [3.05, 3.63) is 138 Å². The largest absolute Gasteiger partial charge is 0.397 e. The molecule has 0 spiro atoms. The summed E-state index contributed by atoms with van der Waals surface area (Å²) in [6.45, 7) is 1.70. The molecular formula is C44H33N11O10S4. The highest BCUT2D eigenvalue weighted by Gasteiger charge is 2.22. The minimum atomic E-state index is -4.77. The molecule has 0 fully saturated rings. The van der Waals surface area contributed by atoms with Crippen molar-refractivity contribution >= 4 is 114 Å². The van der Waals surface area contributed by atoms with Crippen molar-refractivity contribution in [2.45, 2.75) is 28.2 Å². The smallest absolute Gasteiger partial charge is 0.295 e. The standard InChI is InChI=1S/C44H33N11O10S4/c1-25-37(22-45)41(48-31-10-14-34(15-11-31)67(56,57)58)51-42(49-32-12-16-35(17-13-32)68(59,60)61)39(25)53-55-44-50-40(30-9-8-27-4-2-3-5-28(27)19-30)43(66-44)54-52-33-20-29-7-6-26(23-47-65-24-46)18-36(29)38(21-33)69(62,63)64/h2-21,24,46-47H,23H2,1H3,(H2,48,49,51)(H,56,57,58)(H,59,60,61)(H,62,63,64). The van der Waals surface area contributed by atoms with Gasteiger partial charge in [0, 0.05) is 27.9 Å². The second kappa shape index (κ2) is 19.4. The molecule has 8 rings (SSSR count). The first-order chi connectivity index (χ1) is 32.9. The van der Waals surface area contributed by atoms with Gasteiger partial charge < -0.3 is 15.5 Å². The van der Waals surface area contributed by atoms with Crippen molar-refractivity contribution < 1.29 is 43.7 Å². The molecule has 0 bridgehead atoms. The fourth-order valence-electron chi connectivity index (χ4n) is 6.86. The minimum absolute atomic E-state index is 0.00176. The summed E-state index contributed by atoms with van der Waals surface area (Å²) in [5.41, 5.74) is 5.03. The summed E-state index contributed by atoms with van der Waals surface area (Å²) in [6.07, 6.45) is 0.698. The quantitative estimate of drug-likeness (QED) is 0.0118. The summed E-state index contributed by atoms with van der Waals surface area (Å²) in [6, 6.07) is 33.0. The van der Waals surface area contributed by atoms with Crippen LogP contribution in [-0.4, -0.2) is 55.3 Å². The Kier molecular flexibility index (Phi) is 13.3. The highest BCUT2D eigenvalue weighted by Crippen LogP contribution is 2.43. The lowest BCUT2D eigenvalue weighted by Gasteiger charge is -2.16. The Balaban J connectivity index is 1.22. The third-order valence-electron chi connectivity index (χ3n) is 10.1. The van der Waals surface area contributed by atoms with E-state index in [1.807, 2.05) is 42.5 Å². The van der Waals surface area contributed by atoms with Crippen LogP contribution in [0.4, 0.5) is 44.5 Å². The molecule has 0 radical (unpaired) electrons. The molecule has 2 aromatic heterocycles. The number of hydrogen-bond acceptors (Lipinski definition) is 19. The number of nitrogens with one attached hydrogen (secondary N) is 4. The summed E-state index contributed by atoms with van der Waals surface area (Å²) in [4.78, 5) is 13.0. The average Bonchev–Trinajstić information content (AvgIpc) is 3.73. The number of anilines is 4. The molecule has 0 saturated carbocycles. The van der Waals surface area contributed by atoms with Crippen molar-refractivity contribution in [1.82, 2.24) is 15.4 Å². The van der Waals surface area contributed by atoms with Gasteiger partial charge in [0.2, 0.25) is 5.13 Å².